The van der Waals surface area contributed by atoms with Crippen molar-refractivity contribution in [2.24, 2.45) is 0 Å². The van der Waals surface area contributed by atoms with Gasteiger partial charge in [-0.3, -0.25) is 9.69 Å². The molecule has 0 spiro atoms. The molecule has 1 saturated heterocycles. The molecule has 36 heavy (non-hydrogen) atoms. The van der Waals surface area contributed by atoms with E-state index >= 15 is 0 Å². The number of fused-ring (bicyclic) bond motifs is 1. The zero-order valence-corrected chi connectivity index (χ0v) is 21.4. The van der Waals surface area contributed by atoms with E-state index in [0.29, 0.717) is 37.3 Å². The minimum Gasteiger partial charge on any atom is -0.462 e. The summed E-state index contributed by atoms with van der Waals surface area (Å²) < 4.78 is 5.78. The second kappa shape index (κ2) is 11.1. The third-order valence-electron chi connectivity index (χ3n) is 7.61. The molecule has 0 bridgehead atoms. The Bertz CT molecular complexity index is 1060. The molecule has 2 aromatic rings. The first-order valence-corrected chi connectivity index (χ1v) is 13.2. The molecule has 2 atom stereocenters. The number of piperidine rings is 1. The lowest BCUT2D eigenvalue weighted by Crippen LogP contribution is -2.56. The van der Waals surface area contributed by atoms with E-state index in [1.165, 1.54) is 17.5 Å². The second-order valence-corrected chi connectivity index (χ2v) is 10.5. The van der Waals surface area contributed by atoms with Gasteiger partial charge in [-0.2, -0.15) is 9.97 Å². The maximum Gasteiger partial charge on any atom is 0.319 e. The molecular formula is C27H38N6O3. The van der Waals surface area contributed by atoms with Gasteiger partial charge >= 0.3 is 6.01 Å². The monoisotopic (exact) mass is 494 g/mol. The Balaban J connectivity index is 1.25. The van der Waals surface area contributed by atoms with Gasteiger partial charge in [0, 0.05) is 50.9 Å². The van der Waals surface area contributed by atoms with Crippen LogP contribution in [0.2, 0.25) is 0 Å². The highest BCUT2D eigenvalue weighted by atomic mass is 16.5. The number of aliphatic hydroxyl groups is 1. The van der Waals surface area contributed by atoms with E-state index in [2.05, 4.69) is 44.5 Å². The number of nitrogens with zero attached hydrogens (tertiary/aromatic N) is 5. The normalized spacial score (nSPS) is 22.7. The molecule has 2 fully saturated rings. The maximum atomic E-state index is 13.5. The fraction of sp³-hybridized carbons (Fsp3) is 0.593. The number of carbonyl (C=O) groups excluding carboxylic acids is 1. The minimum absolute atomic E-state index is 0.0496. The van der Waals surface area contributed by atoms with Gasteiger partial charge in [-0.25, -0.2) is 0 Å². The van der Waals surface area contributed by atoms with Crippen molar-refractivity contribution < 1.29 is 14.6 Å². The van der Waals surface area contributed by atoms with Crippen LogP contribution in [0, 0.1) is 0 Å². The number of benzene rings is 1. The quantitative estimate of drug-likeness (QED) is 0.576. The summed E-state index contributed by atoms with van der Waals surface area (Å²) in [4.78, 5) is 28.5. The highest BCUT2D eigenvalue weighted by Gasteiger charge is 2.36. The summed E-state index contributed by atoms with van der Waals surface area (Å²) in [5, 5.41) is 14.5. The summed E-state index contributed by atoms with van der Waals surface area (Å²) in [5.74, 6) is 0.438. The van der Waals surface area contributed by atoms with Crippen LogP contribution in [0.1, 0.15) is 47.3 Å². The number of likely N-dealkylation sites (tertiary alicyclic amines) is 1. The summed E-state index contributed by atoms with van der Waals surface area (Å²) >= 11 is 0. The van der Waals surface area contributed by atoms with Crippen molar-refractivity contribution in [2.45, 2.75) is 56.8 Å². The molecule has 0 unspecified atom stereocenters. The van der Waals surface area contributed by atoms with Crippen molar-refractivity contribution in [1.82, 2.24) is 24.7 Å². The molecular weight excluding hydrogens is 456 g/mol. The zero-order chi connectivity index (χ0) is 25.1. The van der Waals surface area contributed by atoms with Crippen LogP contribution in [0.5, 0.6) is 6.01 Å². The fourth-order valence-electron chi connectivity index (χ4n) is 5.25. The van der Waals surface area contributed by atoms with E-state index in [-0.39, 0.29) is 18.0 Å². The van der Waals surface area contributed by atoms with Crippen LogP contribution < -0.4 is 10.1 Å². The zero-order valence-electron chi connectivity index (χ0n) is 21.4. The molecule has 3 heterocycles. The van der Waals surface area contributed by atoms with Crippen molar-refractivity contribution in [1.29, 1.82) is 0 Å². The molecule has 1 aliphatic carbocycles. The number of rotatable bonds is 8. The second-order valence-electron chi connectivity index (χ2n) is 10.5. The predicted molar refractivity (Wildman–Crippen MR) is 138 cm³/mol. The Labute approximate surface area is 213 Å². The fourth-order valence-corrected chi connectivity index (χ4v) is 5.25. The van der Waals surface area contributed by atoms with Gasteiger partial charge in [-0.05, 0) is 57.3 Å². The van der Waals surface area contributed by atoms with Gasteiger partial charge in [0.25, 0.3) is 5.91 Å². The van der Waals surface area contributed by atoms with E-state index < -0.39 is 6.10 Å². The molecule has 1 aromatic heterocycles. The van der Waals surface area contributed by atoms with Gasteiger partial charge in [0.2, 0.25) is 0 Å². The summed E-state index contributed by atoms with van der Waals surface area (Å²) in [5.41, 5.74) is 3.04. The molecule has 3 aliphatic rings. The molecule has 0 radical (unpaired) electrons. The molecule has 2 aliphatic heterocycles. The first kappa shape index (κ1) is 24.9. The highest BCUT2D eigenvalue weighted by molar-refractivity contribution is 5.93. The largest absolute Gasteiger partial charge is 0.462 e. The lowest BCUT2D eigenvalue weighted by Gasteiger charge is -2.43. The van der Waals surface area contributed by atoms with E-state index in [4.69, 9.17) is 4.74 Å². The number of carbonyl (C=O) groups is 1. The van der Waals surface area contributed by atoms with E-state index in [0.717, 1.165) is 45.3 Å². The number of aliphatic hydroxyl groups excluding tert-OH is 1. The lowest BCUT2D eigenvalue weighted by atomic mass is 9.93. The highest BCUT2D eigenvalue weighted by Crippen LogP contribution is 2.27. The number of ether oxygens (including phenoxy) is 1. The number of anilines is 1. The Morgan fingerprint density at radius 1 is 1.17 bits per heavy atom. The Kier molecular flexibility index (Phi) is 7.69. The molecule has 5 rings (SSSR count). The van der Waals surface area contributed by atoms with Gasteiger partial charge in [-0.15, -0.1) is 0 Å². The Hall–Kier alpha value is -2.75. The summed E-state index contributed by atoms with van der Waals surface area (Å²) in [6.45, 7) is 3.84. The molecule has 1 aromatic carbocycles. The topological polar surface area (TPSA) is 94.1 Å². The first-order valence-electron chi connectivity index (χ1n) is 13.2. The van der Waals surface area contributed by atoms with E-state index in [9.17, 15) is 9.90 Å². The maximum absolute atomic E-state index is 13.5. The molecule has 9 heteroatoms. The molecule has 1 saturated carbocycles. The van der Waals surface area contributed by atoms with Gasteiger partial charge < -0.3 is 25.0 Å². The van der Waals surface area contributed by atoms with Crippen LogP contribution in [-0.4, -0.2) is 101 Å². The van der Waals surface area contributed by atoms with Crippen molar-refractivity contribution in [3.63, 3.8) is 0 Å². The average Bonchev–Trinajstić information content (AvgIpc) is 2.85. The number of hydrogen-bond acceptors (Lipinski definition) is 8. The summed E-state index contributed by atoms with van der Waals surface area (Å²) in [6.07, 6.45) is 4.54. The van der Waals surface area contributed by atoms with Crippen LogP contribution in [0.15, 0.2) is 30.3 Å². The number of amides is 1. The lowest BCUT2D eigenvalue weighted by molar-refractivity contribution is -0.0139. The third kappa shape index (κ3) is 5.79. The molecule has 1 amide bonds. The van der Waals surface area contributed by atoms with Gasteiger partial charge in [0.15, 0.2) is 0 Å². The molecule has 194 valence electrons. The number of β-amino-alcohol motifs (C(OH)–C–C–N with tert-alkyl or cyclic N) is 1. The third-order valence-corrected chi connectivity index (χ3v) is 7.61. The molecule has 9 nitrogen and oxygen atoms in total. The number of hydrogen-bond donors (Lipinski definition) is 2. The number of likely N-dealkylation sites (N-methyl/N-ethyl adjacent to an activating group) is 1. The van der Waals surface area contributed by atoms with Crippen LogP contribution in [0.4, 0.5) is 5.82 Å². The summed E-state index contributed by atoms with van der Waals surface area (Å²) in [7, 11) is 3.96. The van der Waals surface area contributed by atoms with Crippen molar-refractivity contribution >= 4 is 11.7 Å². The number of aromatic nitrogens is 2. The van der Waals surface area contributed by atoms with Crippen molar-refractivity contribution in [2.75, 3.05) is 52.2 Å². The van der Waals surface area contributed by atoms with Crippen molar-refractivity contribution in [3.8, 4) is 6.01 Å². The van der Waals surface area contributed by atoms with Gasteiger partial charge in [0.1, 0.15) is 18.1 Å². The Morgan fingerprint density at radius 3 is 2.69 bits per heavy atom. The number of nitrogens with one attached hydrogen (secondary N) is 1. The average molecular weight is 495 g/mol. The van der Waals surface area contributed by atoms with Crippen molar-refractivity contribution in [3.05, 3.63) is 47.2 Å². The predicted octanol–water partition coefficient (Wildman–Crippen LogP) is 2.02. The van der Waals surface area contributed by atoms with E-state index in [1.54, 1.807) is 11.0 Å². The minimum atomic E-state index is -0.599. The van der Waals surface area contributed by atoms with Crippen LogP contribution in [-0.2, 0) is 13.0 Å². The molecule has 2 N–H and O–H groups in total. The first-order chi connectivity index (χ1) is 17.5. The van der Waals surface area contributed by atoms with Crippen LogP contribution in [0.25, 0.3) is 0 Å². The summed E-state index contributed by atoms with van der Waals surface area (Å²) in [6, 6.07) is 10.9. The van der Waals surface area contributed by atoms with Gasteiger partial charge in [-0.1, -0.05) is 24.3 Å². The van der Waals surface area contributed by atoms with Gasteiger partial charge in [0.05, 0.1) is 6.10 Å². The smallest absolute Gasteiger partial charge is 0.319 e. The standard InChI is InChI=1S/C27H38N6O3/c1-31(2)14-15-36-27-29-22(16-25(30-27)28-21-8-5-9-21)26(35)33-13-11-23(24(34)18-33)32-12-10-19-6-3-4-7-20(19)17-32/h3-4,6-7,16,21,23-24,34H,5,8-15,17-18H2,1-2H3,(H,28,29,30)/t23-,24-/m0/s1. The van der Waals surface area contributed by atoms with E-state index in [1.807, 2.05) is 19.0 Å². The van der Waals surface area contributed by atoms with Crippen LogP contribution >= 0.6 is 0 Å². The van der Waals surface area contributed by atoms with Crippen LogP contribution in [0.3, 0.4) is 0 Å². The Morgan fingerprint density at radius 2 is 1.97 bits per heavy atom. The SMILES string of the molecule is CN(C)CCOc1nc(NC2CCC2)cc(C(=O)N2CC[C@H](N3CCc4ccccc4C3)[C@@H](O)C2)n1.